The van der Waals surface area contributed by atoms with E-state index in [1.165, 1.54) is 22.4 Å². The average molecular weight is 401 g/mol. The van der Waals surface area contributed by atoms with E-state index in [9.17, 15) is 0 Å². The van der Waals surface area contributed by atoms with Crippen LogP contribution in [0.2, 0.25) is 0 Å². The maximum absolute atomic E-state index is 5.37. The monoisotopic (exact) mass is 401 g/mol. The highest BCUT2D eigenvalue weighted by Crippen LogP contribution is 2.44. The molecule has 6 nitrogen and oxygen atoms in total. The predicted octanol–water partition coefficient (Wildman–Crippen LogP) is 4.67. The number of aromatic nitrogens is 5. The Bertz CT molecular complexity index is 1430. The summed E-state index contributed by atoms with van der Waals surface area (Å²) in [5, 5.41) is 9.87. The minimum absolute atomic E-state index is 0.857. The second-order valence-corrected chi connectivity index (χ2v) is 8.52. The van der Waals surface area contributed by atoms with Crippen LogP contribution in [0.25, 0.3) is 37.2 Å². The number of methoxy groups -OCH3 is 1. The number of ether oxygens (including phenoxy) is 1. The summed E-state index contributed by atoms with van der Waals surface area (Å²) in [6.45, 7) is 3.98. The van der Waals surface area contributed by atoms with Gasteiger partial charge in [0.25, 0.3) is 0 Å². The van der Waals surface area contributed by atoms with Gasteiger partial charge in [-0.05, 0) is 61.9 Å². The van der Waals surface area contributed by atoms with Gasteiger partial charge in [0.1, 0.15) is 26.9 Å². The number of pyridine rings is 1. The molecule has 0 unspecified atom stereocenters. The molecule has 1 aromatic carbocycles. The standard InChI is InChI=1S/C22H19N5OS/c1-11-23-19-18-17(13-7-9-14(28-3)10-8-13)15-5-4-6-16(15)24-22(18)29-20(19)21-26-25-12(2)27(11)21/h7-10H,4-6H2,1-3H3. The Hall–Kier alpha value is -3.06. The fraction of sp³-hybridized carbons (Fsp3) is 0.273. The van der Waals surface area contributed by atoms with Crippen molar-refractivity contribution >= 4 is 37.4 Å². The van der Waals surface area contributed by atoms with Gasteiger partial charge in [0, 0.05) is 11.1 Å². The van der Waals surface area contributed by atoms with Crippen molar-refractivity contribution in [3.05, 3.63) is 47.2 Å². The van der Waals surface area contributed by atoms with E-state index in [4.69, 9.17) is 14.7 Å². The predicted molar refractivity (Wildman–Crippen MR) is 115 cm³/mol. The third kappa shape index (κ3) is 2.28. The van der Waals surface area contributed by atoms with Crippen LogP contribution in [-0.4, -0.2) is 31.7 Å². The summed E-state index contributed by atoms with van der Waals surface area (Å²) >= 11 is 1.67. The Labute approximate surface area is 171 Å². The largest absolute Gasteiger partial charge is 0.497 e. The number of hydrogen-bond acceptors (Lipinski definition) is 6. The summed E-state index contributed by atoms with van der Waals surface area (Å²) < 4.78 is 8.45. The third-order valence-corrected chi connectivity index (χ3v) is 6.91. The number of benzene rings is 1. The normalized spacial score (nSPS) is 13.6. The zero-order valence-corrected chi connectivity index (χ0v) is 17.3. The molecule has 5 aromatic rings. The molecule has 4 aromatic heterocycles. The molecule has 0 spiro atoms. The lowest BCUT2D eigenvalue weighted by Crippen LogP contribution is -1.98. The molecule has 0 amide bonds. The minimum atomic E-state index is 0.857. The molecular formula is C22H19N5OS. The molecular weight excluding hydrogens is 382 g/mol. The highest BCUT2D eigenvalue weighted by atomic mass is 32.1. The first-order valence-electron chi connectivity index (χ1n) is 9.76. The van der Waals surface area contributed by atoms with Crippen LogP contribution in [0.3, 0.4) is 0 Å². The van der Waals surface area contributed by atoms with Crippen molar-refractivity contribution < 1.29 is 4.74 Å². The fourth-order valence-electron chi connectivity index (χ4n) is 4.55. The van der Waals surface area contributed by atoms with E-state index >= 15 is 0 Å². The molecule has 6 rings (SSSR count). The first-order valence-corrected chi connectivity index (χ1v) is 10.6. The SMILES string of the molecule is COc1ccc(-c2c3c(nc4sc5c(nc(C)n6c(C)nnc56)c24)CCC3)cc1. The third-order valence-electron chi connectivity index (χ3n) is 5.85. The first kappa shape index (κ1) is 16.9. The van der Waals surface area contributed by atoms with Crippen molar-refractivity contribution in [1.82, 2.24) is 24.6 Å². The van der Waals surface area contributed by atoms with Gasteiger partial charge < -0.3 is 4.74 Å². The van der Waals surface area contributed by atoms with Gasteiger partial charge in [0.15, 0.2) is 5.65 Å². The summed E-state index contributed by atoms with van der Waals surface area (Å²) in [5.41, 5.74) is 6.89. The van der Waals surface area contributed by atoms with Gasteiger partial charge >= 0.3 is 0 Å². The molecule has 7 heteroatoms. The van der Waals surface area contributed by atoms with Crippen molar-refractivity contribution in [3.63, 3.8) is 0 Å². The Morgan fingerprint density at radius 1 is 1.00 bits per heavy atom. The van der Waals surface area contributed by atoms with E-state index < -0.39 is 0 Å². The van der Waals surface area contributed by atoms with Gasteiger partial charge in [-0.15, -0.1) is 21.5 Å². The van der Waals surface area contributed by atoms with E-state index in [-0.39, 0.29) is 0 Å². The van der Waals surface area contributed by atoms with Crippen molar-refractivity contribution in [1.29, 1.82) is 0 Å². The molecule has 1 aliphatic carbocycles. The highest BCUT2D eigenvalue weighted by molar-refractivity contribution is 7.26. The summed E-state index contributed by atoms with van der Waals surface area (Å²) in [5.74, 6) is 2.62. The maximum atomic E-state index is 5.37. The Morgan fingerprint density at radius 3 is 2.62 bits per heavy atom. The molecule has 144 valence electrons. The van der Waals surface area contributed by atoms with Gasteiger partial charge in [0.2, 0.25) is 0 Å². The topological polar surface area (TPSA) is 65.2 Å². The van der Waals surface area contributed by atoms with Crippen LogP contribution in [-0.2, 0) is 12.8 Å². The smallest absolute Gasteiger partial charge is 0.181 e. The summed E-state index contributed by atoms with van der Waals surface area (Å²) in [6, 6.07) is 8.33. The second-order valence-electron chi connectivity index (χ2n) is 7.52. The van der Waals surface area contributed by atoms with Crippen molar-refractivity contribution in [2.45, 2.75) is 33.1 Å². The zero-order valence-electron chi connectivity index (χ0n) is 16.5. The van der Waals surface area contributed by atoms with Crippen LogP contribution < -0.4 is 4.74 Å². The molecule has 29 heavy (non-hydrogen) atoms. The van der Waals surface area contributed by atoms with E-state index in [1.807, 2.05) is 30.4 Å². The van der Waals surface area contributed by atoms with E-state index in [1.54, 1.807) is 18.4 Å². The number of thiophene rings is 1. The van der Waals surface area contributed by atoms with Crippen molar-refractivity contribution in [3.8, 4) is 16.9 Å². The van der Waals surface area contributed by atoms with Gasteiger partial charge in [-0.25, -0.2) is 9.97 Å². The van der Waals surface area contributed by atoms with Crippen LogP contribution in [0.5, 0.6) is 5.75 Å². The lowest BCUT2D eigenvalue weighted by atomic mass is 9.96. The van der Waals surface area contributed by atoms with Gasteiger partial charge in [-0.1, -0.05) is 12.1 Å². The lowest BCUT2D eigenvalue weighted by Gasteiger charge is -2.12. The Kier molecular flexibility index (Phi) is 3.47. The zero-order chi connectivity index (χ0) is 19.7. The van der Waals surface area contributed by atoms with Gasteiger partial charge in [0.05, 0.1) is 12.6 Å². The Morgan fingerprint density at radius 2 is 1.83 bits per heavy atom. The minimum Gasteiger partial charge on any atom is -0.497 e. The van der Waals surface area contributed by atoms with Crippen LogP contribution >= 0.6 is 11.3 Å². The molecule has 0 bridgehead atoms. The fourth-order valence-corrected chi connectivity index (χ4v) is 5.67. The number of fused-ring (bicyclic) bond motifs is 6. The number of aryl methyl sites for hydroxylation is 3. The van der Waals surface area contributed by atoms with Gasteiger partial charge in [-0.3, -0.25) is 4.40 Å². The number of rotatable bonds is 2. The molecule has 4 heterocycles. The van der Waals surface area contributed by atoms with E-state index in [0.29, 0.717) is 0 Å². The second kappa shape index (κ2) is 5.97. The van der Waals surface area contributed by atoms with Crippen LogP contribution in [0, 0.1) is 13.8 Å². The molecule has 0 fully saturated rings. The van der Waals surface area contributed by atoms with E-state index in [2.05, 4.69) is 22.3 Å². The Balaban J connectivity index is 1.78. The molecule has 0 aliphatic heterocycles. The highest BCUT2D eigenvalue weighted by Gasteiger charge is 2.25. The van der Waals surface area contributed by atoms with Crippen molar-refractivity contribution in [2.24, 2.45) is 0 Å². The maximum Gasteiger partial charge on any atom is 0.181 e. The number of hydrogen-bond donors (Lipinski definition) is 0. The quantitative estimate of drug-likeness (QED) is 0.430. The van der Waals surface area contributed by atoms with Crippen LogP contribution in [0.4, 0.5) is 0 Å². The molecule has 0 saturated carbocycles. The molecule has 0 N–H and O–H groups in total. The number of nitrogens with zero attached hydrogens (tertiary/aromatic N) is 5. The summed E-state index contributed by atoms with van der Waals surface area (Å²) in [7, 11) is 1.70. The average Bonchev–Trinajstić information content (AvgIpc) is 3.44. The summed E-state index contributed by atoms with van der Waals surface area (Å²) in [6.07, 6.45) is 3.25. The first-order chi connectivity index (χ1) is 14.2. The van der Waals surface area contributed by atoms with E-state index in [0.717, 1.165) is 62.7 Å². The summed E-state index contributed by atoms with van der Waals surface area (Å²) in [4.78, 5) is 11.1. The molecule has 1 aliphatic rings. The molecule has 0 radical (unpaired) electrons. The molecule has 0 atom stereocenters. The van der Waals surface area contributed by atoms with Crippen LogP contribution in [0.1, 0.15) is 29.3 Å². The van der Waals surface area contributed by atoms with Gasteiger partial charge in [-0.2, -0.15) is 0 Å². The lowest BCUT2D eigenvalue weighted by molar-refractivity contribution is 0.415. The van der Waals surface area contributed by atoms with Crippen LogP contribution in [0.15, 0.2) is 24.3 Å². The molecule has 0 saturated heterocycles. The van der Waals surface area contributed by atoms with Crippen molar-refractivity contribution in [2.75, 3.05) is 7.11 Å².